The van der Waals surface area contributed by atoms with Crippen molar-refractivity contribution >= 4 is 0 Å². The fraction of sp³-hybridized carbons (Fsp3) is 0. The lowest BCUT2D eigenvalue weighted by atomic mass is 10.2. The van der Waals surface area contributed by atoms with Crippen LogP contribution in [0.3, 0.4) is 0 Å². The van der Waals surface area contributed by atoms with Crippen LogP contribution >= 0.6 is 0 Å². The van der Waals surface area contributed by atoms with E-state index in [0.717, 1.165) is 5.69 Å². The lowest BCUT2D eigenvalue weighted by Crippen LogP contribution is -1.98. The zero-order valence-corrected chi connectivity index (χ0v) is 6.27. The smallest absolute Gasteiger partial charge is 0.180 e. The largest absolute Gasteiger partial charge is 0.290 e. The van der Waals surface area contributed by atoms with E-state index < -0.39 is 0 Å². The Bertz CT molecular complexity index is 428. The third-order valence-electron chi connectivity index (χ3n) is 1.55. The Kier molecular flexibility index (Phi) is 1.55. The van der Waals surface area contributed by atoms with Crippen LogP contribution in [0.1, 0.15) is 0 Å². The molecular formula is C9H6N2O. The van der Waals surface area contributed by atoms with Gasteiger partial charge in [-0.05, 0) is 18.2 Å². The first-order chi connectivity index (χ1) is 5.86. The summed E-state index contributed by atoms with van der Waals surface area (Å²) >= 11 is 0. The van der Waals surface area contributed by atoms with Crippen molar-refractivity contribution in [3.8, 4) is 11.4 Å². The van der Waals surface area contributed by atoms with Crippen molar-refractivity contribution in [2.75, 3.05) is 0 Å². The van der Waals surface area contributed by atoms with E-state index >= 15 is 0 Å². The highest BCUT2D eigenvalue weighted by atomic mass is 16.1. The van der Waals surface area contributed by atoms with Crippen molar-refractivity contribution in [1.82, 2.24) is 9.97 Å². The summed E-state index contributed by atoms with van der Waals surface area (Å²) in [7, 11) is 0. The molecule has 0 aromatic heterocycles. The Balaban J connectivity index is 2.82. The lowest BCUT2D eigenvalue weighted by Gasteiger charge is -1.93. The highest BCUT2D eigenvalue weighted by Crippen LogP contribution is 2.09. The molecule has 58 valence electrons. The Morgan fingerprint density at radius 3 is 2.58 bits per heavy atom. The van der Waals surface area contributed by atoms with Gasteiger partial charge >= 0.3 is 0 Å². The quantitative estimate of drug-likeness (QED) is 0.573. The van der Waals surface area contributed by atoms with Crippen LogP contribution in [0.25, 0.3) is 11.4 Å². The van der Waals surface area contributed by atoms with Gasteiger partial charge < -0.3 is 0 Å². The van der Waals surface area contributed by atoms with Gasteiger partial charge in [0, 0.05) is 18.5 Å². The molecule has 0 saturated carbocycles. The average molecular weight is 158 g/mol. The number of aromatic nitrogens is 2. The molecule has 3 nitrogen and oxygen atoms in total. The molecule has 0 aromatic rings. The number of nitrogens with zero attached hydrogens (tertiary/aromatic N) is 2. The van der Waals surface area contributed by atoms with Gasteiger partial charge in [0.25, 0.3) is 0 Å². The van der Waals surface area contributed by atoms with E-state index in [-0.39, 0.29) is 5.43 Å². The van der Waals surface area contributed by atoms with E-state index in [4.69, 9.17) is 0 Å². The van der Waals surface area contributed by atoms with E-state index in [1.807, 2.05) is 0 Å². The molecule has 1 aliphatic heterocycles. The highest BCUT2D eigenvalue weighted by molar-refractivity contribution is 5.53. The second-order valence-electron chi connectivity index (χ2n) is 2.40. The zero-order chi connectivity index (χ0) is 8.39. The summed E-state index contributed by atoms with van der Waals surface area (Å²) in [5.74, 6) is 0. The first-order valence-electron chi connectivity index (χ1n) is 3.57. The highest BCUT2D eigenvalue weighted by Gasteiger charge is 2.00. The lowest BCUT2D eigenvalue weighted by molar-refractivity contribution is 1.29. The van der Waals surface area contributed by atoms with Crippen molar-refractivity contribution in [2.45, 2.75) is 0 Å². The van der Waals surface area contributed by atoms with Crippen LogP contribution in [-0.2, 0) is 0 Å². The molecule has 0 aromatic carbocycles. The molecule has 0 radical (unpaired) electrons. The van der Waals surface area contributed by atoms with E-state index in [9.17, 15) is 4.79 Å². The molecular weight excluding hydrogens is 152 g/mol. The van der Waals surface area contributed by atoms with Gasteiger partial charge in [-0.25, -0.2) is 0 Å². The molecule has 0 atom stereocenters. The predicted octanol–water partition coefficient (Wildman–Crippen LogP) is 0.942. The van der Waals surface area contributed by atoms with Crippen LogP contribution in [0, 0.1) is 0 Å². The minimum Gasteiger partial charge on any atom is -0.290 e. The molecule has 0 bridgehead atoms. The molecule has 1 aliphatic carbocycles. The number of benzene rings is 1. The van der Waals surface area contributed by atoms with Gasteiger partial charge in [-0.15, -0.1) is 0 Å². The summed E-state index contributed by atoms with van der Waals surface area (Å²) in [6.45, 7) is 0. The van der Waals surface area contributed by atoms with Crippen molar-refractivity contribution in [3.05, 3.63) is 46.9 Å². The Labute approximate surface area is 69.1 Å². The first kappa shape index (κ1) is 6.91. The maximum Gasteiger partial charge on any atom is 0.180 e. The monoisotopic (exact) mass is 158 g/mol. The molecule has 0 saturated heterocycles. The third-order valence-corrected chi connectivity index (χ3v) is 1.55. The van der Waals surface area contributed by atoms with Crippen molar-refractivity contribution in [3.63, 3.8) is 0 Å². The Hall–Kier alpha value is -1.77. The maximum atomic E-state index is 10.9. The summed E-state index contributed by atoms with van der Waals surface area (Å²) in [5.41, 5.74) is 1.33. The number of fused-ring (bicyclic) bond motifs is 1. The zero-order valence-electron chi connectivity index (χ0n) is 6.27. The average Bonchev–Trinajstić information content (AvgIpc) is 2.28. The van der Waals surface area contributed by atoms with Gasteiger partial charge in [0.05, 0.1) is 11.4 Å². The van der Waals surface area contributed by atoms with Gasteiger partial charge in [0.15, 0.2) is 5.43 Å². The van der Waals surface area contributed by atoms with Crippen LogP contribution in [0.15, 0.2) is 41.5 Å². The molecule has 0 fully saturated rings. The SMILES string of the molecule is O=c1ccc2ncccnc-2c1. The molecule has 12 heavy (non-hydrogen) atoms. The molecule has 0 spiro atoms. The van der Waals surface area contributed by atoms with Gasteiger partial charge in [0.2, 0.25) is 0 Å². The van der Waals surface area contributed by atoms with Crippen molar-refractivity contribution < 1.29 is 0 Å². The minimum atomic E-state index is -0.0389. The number of hydrogen-bond donors (Lipinski definition) is 0. The summed E-state index contributed by atoms with van der Waals surface area (Å²) in [6.07, 6.45) is 3.27. The van der Waals surface area contributed by atoms with Crippen LogP contribution in [0.5, 0.6) is 0 Å². The molecule has 2 aliphatic rings. The standard InChI is InChI=1S/C9H6N2O/c12-7-2-3-8-9(6-7)11-5-1-4-10-8/h1-6H. The molecule has 3 heteroatoms. The fourth-order valence-corrected chi connectivity index (χ4v) is 1.00. The van der Waals surface area contributed by atoms with E-state index in [0.29, 0.717) is 5.69 Å². The predicted molar refractivity (Wildman–Crippen MR) is 44.9 cm³/mol. The summed E-state index contributed by atoms with van der Waals surface area (Å²) in [5, 5.41) is 0. The minimum absolute atomic E-state index is 0.0389. The topological polar surface area (TPSA) is 42.9 Å². The van der Waals surface area contributed by atoms with Gasteiger partial charge in [0.1, 0.15) is 0 Å². The van der Waals surface area contributed by atoms with Gasteiger partial charge in [-0.2, -0.15) is 0 Å². The van der Waals surface area contributed by atoms with E-state index in [1.165, 1.54) is 12.1 Å². The molecule has 0 amide bonds. The number of rotatable bonds is 0. The molecule has 0 unspecified atom stereocenters. The molecule has 1 heterocycles. The van der Waals surface area contributed by atoms with Gasteiger partial charge in [-0.1, -0.05) is 0 Å². The van der Waals surface area contributed by atoms with E-state index in [2.05, 4.69) is 9.97 Å². The second-order valence-corrected chi connectivity index (χ2v) is 2.40. The second kappa shape index (κ2) is 2.70. The first-order valence-corrected chi connectivity index (χ1v) is 3.57. The van der Waals surface area contributed by atoms with E-state index in [1.54, 1.807) is 24.5 Å². The molecule has 2 rings (SSSR count). The summed E-state index contributed by atoms with van der Waals surface area (Å²) in [4.78, 5) is 19.0. The third kappa shape index (κ3) is 1.16. The van der Waals surface area contributed by atoms with Gasteiger partial charge in [-0.3, -0.25) is 14.8 Å². The Morgan fingerprint density at radius 1 is 1.00 bits per heavy atom. The van der Waals surface area contributed by atoms with Crippen LogP contribution in [0.4, 0.5) is 0 Å². The van der Waals surface area contributed by atoms with Crippen LogP contribution in [-0.4, -0.2) is 9.97 Å². The maximum absolute atomic E-state index is 10.9. The fourth-order valence-electron chi connectivity index (χ4n) is 1.00. The normalized spacial score (nSPS) is 10.0. The van der Waals surface area contributed by atoms with Crippen molar-refractivity contribution in [2.24, 2.45) is 0 Å². The summed E-state index contributed by atoms with van der Waals surface area (Å²) < 4.78 is 0. The van der Waals surface area contributed by atoms with Crippen LogP contribution < -0.4 is 5.43 Å². The Morgan fingerprint density at radius 2 is 1.75 bits per heavy atom. The van der Waals surface area contributed by atoms with Crippen LogP contribution in [0.2, 0.25) is 0 Å². The number of hydrogen-bond acceptors (Lipinski definition) is 3. The molecule has 0 N–H and O–H groups in total. The summed E-state index contributed by atoms with van der Waals surface area (Å²) in [6, 6.07) is 6.36. The van der Waals surface area contributed by atoms with Crippen molar-refractivity contribution in [1.29, 1.82) is 0 Å².